The van der Waals surface area contributed by atoms with E-state index in [4.69, 9.17) is 14.6 Å². The zero-order chi connectivity index (χ0) is 18.7. The first kappa shape index (κ1) is 19.9. The van der Waals surface area contributed by atoms with E-state index in [2.05, 4.69) is 19.2 Å². The lowest BCUT2D eigenvalue weighted by atomic mass is 9.78. The first-order valence-electron chi connectivity index (χ1n) is 8.62. The van der Waals surface area contributed by atoms with Crippen molar-refractivity contribution in [3.8, 4) is 0 Å². The Kier molecular flexibility index (Phi) is 6.61. The molecule has 1 amide bonds. The molecule has 0 aromatic heterocycles. The maximum atomic E-state index is 12.1. The molecule has 0 bridgehead atoms. The van der Waals surface area contributed by atoms with Gasteiger partial charge in [0, 0.05) is 6.04 Å². The number of carbonyl (C=O) groups is 2. The number of hydrogen-bond donors (Lipinski definition) is 5. The molecule has 0 aromatic rings. The van der Waals surface area contributed by atoms with Gasteiger partial charge in [-0.2, -0.15) is 0 Å². The Hall–Kier alpha value is -1.42. The quantitative estimate of drug-likeness (QED) is 0.463. The molecule has 25 heavy (non-hydrogen) atoms. The number of rotatable bonds is 4. The first-order valence-corrected chi connectivity index (χ1v) is 8.62. The van der Waals surface area contributed by atoms with E-state index in [0.29, 0.717) is 11.8 Å². The zero-order valence-corrected chi connectivity index (χ0v) is 14.4. The van der Waals surface area contributed by atoms with E-state index < -0.39 is 42.8 Å². The molecule has 1 aliphatic heterocycles. The summed E-state index contributed by atoms with van der Waals surface area (Å²) < 4.78 is 9.91. The molecule has 0 spiro atoms. The van der Waals surface area contributed by atoms with Gasteiger partial charge in [0.2, 0.25) is 6.29 Å². The normalized spacial score (nSPS) is 39.0. The molecule has 1 saturated heterocycles. The van der Waals surface area contributed by atoms with Gasteiger partial charge in [0.15, 0.2) is 6.10 Å². The highest BCUT2D eigenvalue weighted by molar-refractivity contribution is 5.73. The number of aliphatic carboxylic acids is 1. The van der Waals surface area contributed by atoms with E-state index in [9.17, 15) is 24.9 Å². The summed E-state index contributed by atoms with van der Waals surface area (Å²) in [7, 11) is 0. The summed E-state index contributed by atoms with van der Waals surface area (Å²) in [5, 5.41) is 40.9. The lowest BCUT2D eigenvalue weighted by molar-refractivity contribution is -0.278. The van der Waals surface area contributed by atoms with Crippen LogP contribution >= 0.6 is 0 Å². The second-order valence-corrected chi connectivity index (χ2v) is 7.08. The Morgan fingerprint density at radius 1 is 1.08 bits per heavy atom. The number of carboxylic acids is 1. The number of nitrogens with one attached hydrogen (secondary N) is 1. The molecule has 9 heteroatoms. The van der Waals surface area contributed by atoms with Crippen molar-refractivity contribution in [2.45, 2.75) is 76.3 Å². The highest BCUT2D eigenvalue weighted by Crippen LogP contribution is 2.30. The van der Waals surface area contributed by atoms with E-state index in [1.165, 1.54) is 0 Å². The summed E-state index contributed by atoms with van der Waals surface area (Å²) in [6, 6.07) is -0.0761. The van der Waals surface area contributed by atoms with Crippen LogP contribution in [-0.2, 0) is 14.3 Å². The third-order valence-electron chi connectivity index (χ3n) is 5.02. The lowest BCUT2D eigenvalue weighted by Gasteiger charge is -2.39. The fourth-order valence-corrected chi connectivity index (χ4v) is 3.58. The SMILES string of the molecule is CC(C)[C@@H]1CCCC[C@@H]1NC(=O)O[C@@H]1O[C@H](C(=O)O)[C@@H](O)[C@H](O)[C@H]1O. The minimum Gasteiger partial charge on any atom is -0.479 e. The number of alkyl carbamates (subject to hydrolysis) is 1. The number of aliphatic hydroxyl groups is 3. The van der Waals surface area contributed by atoms with Gasteiger partial charge in [0.25, 0.3) is 0 Å². The van der Waals surface area contributed by atoms with E-state index in [0.717, 1.165) is 25.7 Å². The average Bonchev–Trinajstić information content (AvgIpc) is 2.55. The van der Waals surface area contributed by atoms with Crippen molar-refractivity contribution in [2.75, 3.05) is 0 Å². The smallest absolute Gasteiger partial charge is 0.409 e. The van der Waals surface area contributed by atoms with Crippen molar-refractivity contribution >= 4 is 12.1 Å². The standard InChI is InChI=1S/C16H27NO8/c1-7(2)8-5-3-4-6-9(8)17-16(23)25-15-12(20)10(18)11(19)13(24-15)14(21)22/h7-13,15,18-20H,3-6H2,1-2H3,(H,17,23)(H,21,22)/t8-,9-,10-,11-,12+,13-,15-/m0/s1. The molecular formula is C16H27NO8. The largest absolute Gasteiger partial charge is 0.479 e. The summed E-state index contributed by atoms with van der Waals surface area (Å²) in [4.78, 5) is 23.2. The van der Waals surface area contributed by atoms with E-state index in [1.54, 1.807) is 0 Å². The van der Waals surface area contributed by atoms with E-state index in [1.807, 2.05) is 0 Å². The fourth-order valence-electron chi connectivity index (χ4n) is 3.58. The first-order chi connectivity index (χ1) is 11.7. The van der Waals surface area contributed by atoms with Crippen molar-refractivity contribution in [3.05, 3.63) is 0 Å². The number of amides is 1. The summed E-state index contributed by atoms with van der Waals surface area (Å²) in [6.07, 6.45) is -5.80. The monoisotopic (exact) mass is 361 g/mol. The molecule has 1 heterocycles. The van der Waals surface area contributed by atoms with Crippen LogP contribution in [-0.4, -0.2) is 69.2 Å². The summed E-state index contributed by atoms with van der Waals surface area (Å²) in [6.45, 7) is 4.17. The summed E-state index contributed by atoms with van der Waals surface area (Å²) >= 11 is 0. The molecule has 7 atom stereocenters. The van der Waals surface area contributed by atoms with Crippen molar-refractivity contribution in [3.63, 3.8) is 0 Å². The molecule has 2 aliphatic rings. The lowest BCUT2D eigenvalue weighted by Crippen LogP contribution is -2.61. The third kappa shape index (κ3) is 4.60. The number of carboxylic acid groups (broad SMARTS) is 1. The van der Waals surface area contributed by atoms with Gasteiger partial charge < -0.3 is 35.2 Å². The van der Waals surface area contributed by atoms with Crippen molar-refractivity contribution in [2.24, 2.45) is 11.8 Å². The molecule has 0 aromatic carbocycles. The molecule has 0 radical (unpaired) electrons. The summed E-state index contributed by atoms with van der Waals surface area (Å²) in [5.74, 6) is -0.840. The van der Waals surface area contributed by atoms with Gasteiger partial charge in [-0.25, -0.2) is 9.59 Å². The molecule has 5 N–H and O–H groups in total. The predicted molar refractivity (Wildman–Crippen MR) is 84.5 cm³/mol. The minimum atomic E-state index is -1.82. The van der Waals surface area contributed by atoms with Crippen molar-refractivity contribution in [1.29, 1.82) is 0 Å². The van der Waals surface area contributed by atoms with Gasteiger partial charge in [0.1, 0.15) is 18.3 Å². The maximum Gasteiger partial charge on any atom is 0.409 e. The van der Waals surface area contributed by atoms with Crippen LogP contribution < -0.4 is 5.32 Å². The van der Waals surface area contributed by atoms with Gasteiger partial charge in [-0.05, 0) is 24.7 Å². The number of carbonyl (C=O) groups excluding carboxylic acids is 1. The Morgan fingerprint density at radius 2 is 1.72 bits per heavy atom. The molecule has 2 rings (SSSR count). The zero-order valence-electron chi connectivity index (χ0n) is 14.4. The summed E-state index contributed by atoms with van der Waals surface area (Å²) in [5.41, 5.74) is 0. The van der Waals surface area contributed by atoms with Crippen LogP contribution in [0.1, 0.15) is 39.5 Å². The molecule has 0 unspecified atom stereocenters. The van der Waals surface area contributed by atoms with E-state index in [-0.39, 0.29) is 6.04 Å². The topological polar surface area (TPSA) is 146 Å². The van der Waals surface area contributed by atoms with Gasteiger partial charge in [0.05, 0.1) is 0 Å². The number of aliphatic hydroxyl groups excluding tert-OH is 3. The van der Waals surface area contributed by atoms with Gasteiger partial charge in [-0.1, -0.05) is 26.7 Å². The molecule has 1 aliphatic carbocycles. The van der Waals surface area contributed by atoms with Crippen molar-refractivity contribution in [1.82, 2.24) is 5.32 Å². The fraction of sp³-hybridized carbons (Fsp3) is 0.875. The van der Waals surface area contributed by atoms with Crippen molar-refractivity contribution < 1.29 is 39.5 Å². The van der Waals surface area contributed by atoms with Crippen LogP contribution in [0.5, 0.6) is 0 Å². The van der Waals surface area contributed by atoms with Crippen LogP contribution in [0.15, 0.2) is 0 Å². The average molecular weight is 361 g/mol. The predicted octanol–water partition coefficient (Wildman–Crippen LogP) is -0.180. The van der Waals surface area contributed by atoms with Crippen LogP contribution in [0.2, 0.25) is 0 Å². The second-order valence-electron chi connectivity index (χ2n) is 7.08. The third-order valence-corrected chi connectivity index (χ3v) is 5.02. The van der Waals surface area contributed by atoms with Gasteiger partial charge in [-0.15, -0.1) is 0 Å². The Bertz CT molecular complexity index is 485. The molecule has 2 fully saturated rings. The Balaban J connectivity index is 1.97. The van der Waals surface area contributed by atoms with Crippen LogP contribution in [0.25, 0.3) is 0 Å². The second kappa shape index (κ2) is 8.31. The Morgan fingerprint density at radius 3 is 2.32 bits per heavy atom. The van der Waals surface area contributed by atoms with Gasteiger partial charge >= 0.3 is 12.1 Å². The Labute approximate surface area is 145 Å². The van der Waals surface area contributed by atoms with Crippen LogP contribution in [0.4, 0.5) is 4.79 Å². The maximum absolute atomic E-state index is 12.1. The number of hydrogen-bond acceptors (Lipinski definition) is 7. The molecular weight excluding hydrogens is 334 g/mol. The minimum absolute atomic E-state index is 0.0761. The number of ether oxygens (including phenoxy) is 2. The molecule has 1 saturated carbocycles. The molecule has 144 valence electrons. The van der Waals surface area contributed by atoms with Crippen LogP contribution in [0, 0.1) is 11.8 Å². The van der Waals surface area contributed by atoms with Gasteiger partial charge in [-0.3, -0.25) is 0 Å². The highest BCUT2D eigenvalue weighted by Gasteiger charge is 2.48. The molecule has 9 nitrogen and oxygen atoms in total. The van der Waals surface area contributed by atoms with Crippen LogP contribution in [0.3, 0.4) is 0 Å². The van der Waals surface area contributed by atoms with E-state index >= 15 is 0 Å². The highest BCUT2D eigenvalue weighted by atomic mass is 16.7.